The quantitative estimate of drug-likeness (QED) is 0.499. The van der Waals surface area contributed by atoms with Crippen LogP contribution in [0.4, 0.5) is 14.5 Å². The Kier molecular flexibility index (Phi) is 6.75. The van der Waals surface area contributed by atoms with E-state index in [1.54, 1.807) is 4.90 Å². The van der Waals surface area contributed by atoms with Crippen LogP contribution in [-0.2, 0) is 0 Å². The molecule has 0 radical (unpaired) electrons. The van der Waals surface area contributed by atoms with Crippen molar-refractivity contribution in [3.8, 4) is 5.75 Å². The lowest BCUT2D eigenvalue weighted by Crippen LogP contribution is -2.55. The fourth-order valence-corrected chi connectivity index (χ4v) is 5.66. The van der Waals surface area contributed by atoms with Crippen LogP contribution in [0.5, 0.6) is 5.75 Å². The first kappa shape index (κ1) is 24.4. The number of amides is 1. The third kappa shape index (κ3) is 4.90. The predicted molar refractivity (Wildman–Crippen MR) is 128 cm³/mol. The topological polar surface area (TPSA) is 55.8 Å². The summed E-state index contributed by atoms with van der Waals surface area (Å²) in [6, 6.07) is 4.72. The maximum absolute atomic E-state index is 15.6. The first-order valence-electron chi connectivity index (χ1n) is 10.6. The highest BCUT2D eigenvalue weighted by atomic mass is 35.5. The molecule has 0 saturated carbocycles. The third-order valence-electron chi connectivity index (χ3n) is 5.79. The van der Waals surface area contributed by atoms with Crippen LogP contribution in [0.15, 0.2) is 29.2 Å². The summed E-state index contributed by atoms with van der Waals surface area (Å²) >= 11 is 13.5. The van der Waals surface area contributed by atoms with E-state index in [9.17, 15) is 14.3 Å². The maximum atomic E-state index is 15.6. The summed E-state index contributed by atoms with van der Waals surface area (Å²) in [5.74, 6) is -1.65. The number of nitrogens with one attached hydrogen (secondary N) is 1. The molecule has 10 heteroatoms. The van der Waals surface area contributed by atoms with Crippen molar-refractivity contribution in [2.75, 3.05) is 18.0 Å². The smallest absolute Gasteiger partial charge is 0.255 e. The number of benzene rings is 2. The van der Waals surface area contributed by atoms with Gasteiger partial charge < -0.3 is 14.9 Å². The van der Waals surface area contributed by atoms with Gasteiger partial charge >= 0.3 is 0 Å². The molecular weight excluding hydrogens is 491 g/mol. The summed E-state index contributed by atoms with van der Waals surface area (Å²) in [6.45, 7) is 6.55. The Labute approximate surface area is 206 Å². The number of phenols is 1. The highest BCUT2D eigenvalue weighted by Crippen LogP contribution is 2.47. The van der Waals surface area contributed by atoms with Gasteiger partial charge in [0.1, 0.15) is 11.5 Å². The Bertz CT molecular complexity index is 1080. The molecule has 2 atom stereocenters. The number of hydrogen-bond donors (Lipinski definition) is 2. The third-order valence-corrected chi connectivity index (χ3v) is 7.62. The molecule has 2 aliphatic heterocycles. The van der Waals surface area contributed by atoms with Crippen molar-refractivity contribution in [2.24, 2.45) is 0 Å². The van der Waals surface area contributed by atoms with E-state index in [-0.39, 0.29) is 50.6 Å². The minimum atomic E-state index is -0.545. The van der Waals surface area contributed by atoms with E-state index in [1.807, 2.05) is 25.7 Å². The van der Waals surface area contributed by atoms with Gasteiger partial charge in [0.25, 0.3) is 5.91 Å². The molecule has 2 aromatic rings. The van der Waals surface area contributed by atoms with E-state index in [0.717, 1.165) is 30.9 Å². The van der Waals surface area contributed by atoms with E-state index in [0.29, 0.717) is 18.0 Å². The average Bonchev–Trinajstić information content (AvgIpc) is 2.97. The molecule has 0 aromatic heterocycles. The number of piperazine rings is 1. The number of likely N-dealkylation sites (tertiary alicyclic amines) is 1. The molecular formula is C23H25Cl2F2N3O2S. The van der Waals surface area contributed by atoms with E-state index in [2.05, 4.69) is 4.72 Å². The number of carbonyl (C=O) groups excluding carboxylic acids is 1. The summed E-state index contributed by atoms with van der Waals surface area (Å²) in [5.41, 5.74) is 0.0450. The second-order valence-electron chi connectivity index (χ2n) is 9.45. The molecule has 2 unspecified atom stereocenters. The number of phenolic OH excluding ortho intramolecular Hbond substituents is 1. The van der Waals surface area contributed by atoms with Crippen molar-refractivity contribution in [1.29, 1.82) is 0 Å². The average molecular weight is 516 g/mol. The Morgan fingerprint density at radius 2 is 1.76 bits per heavy atom. The van der Waals surface area contributed by atoms with E-state index in [4.69, 9.17) is 23.2 Å². The van der Waals surface area contributed by atoms with Crippen LogP contribution in [0, 0.1) is 11.6 Å². The zero-order chi connectivity index (χ0) is 24.1. The SMILES string of the molecule is CC(C)(C)NSc1cc(Cl)c(O)c(N2C3CCC2CN(C(=O)c2ccc(F)cc2Cl)C3)c1F. The standard InChI is InChI=1S/C23H25Cl2F2N3O2S/c1-23(2,3)28-33-18-9-17(25)21(31)20(19(18)27)30-13-5-6-14(30)11-29(10-13)22(32)15-7-4-12(26)8-16(15)24/h4,7-9,13-14,28,31H,5-6,10-11H2,1-3H3. The molecule has 5 nitrogen and oxygen atoms in total. The van der Waals surface area contributed by atoms with Crippen LogP contribution >= 0.6 is 35.1 Å². The molecule has 2 saturated heterocycles. The van der Waals surface area contributed by atoms with Gasteiger partial charge in [0.15, 0.2) is 11.6 Å². The van der Waals surface area contributed by atoms with Crippen LogP contribution in [0.2, 0.25) is 10.0 Å². The Balaban J connectivity index is 1.61. The lowest BCUT2D eigenvalue weighted by Gasteiger charge is -2.43. The zero-order valence-corrected chi connectivity index (χ0v) is 20.8. The number of nitrogens with zero attached hydrogens (tertiary/aromatic N) is 2. The van der Waals surface area contributed by atoms with Gasteiger partial charge in [-0.2, -0.15) is 0 Å². The molecule has 178 valence electrons. The number of fused-ring (bicyclic) bond motifs is 2. The molecule has 2 fully saturated rings. The summed E-state index contributed by atoms with van der Waals surface area (Å²) in [5, 5.41) is 10.8. The summed E-state index contributed by atoms with van der Waals surface area (Å²) in [4.78, 5) is 16.9. The summed E-state index contributed by atoms with van der Waals surface area (Å²) in [6.07, 6.45) is 1.47. The highest BCUT2D eigenvalue weighted by Gasteiger charge is 2.44. The predicted octanol–water partition coefficient (Wildman–Crippen LogP) is 5.87. The Hall–Kier alpha value is -1.74. The molecule has 2 N–H and O–H groups in total. The molecule has 2 heterocycles. The Morgan fingerprint density at radius 1 is 1.12 bits per heavy atom. The number of carbonyl (C=O) groups is 1. The van der Waals surface area contributed by atoms with Crippen molar-refractivity contribution in [3.05, 3.63) is 51.5 Å². The molecule has 2 aliphatic rings. The summed E-state index contributed by atoms with van der Waals surface area (Å²) in [7, 11) is 0. The largest absolute Gasteiger partial charge is 0.504 e. The second kappa shape index (κ2) is 9.13. The Morgan fingerprint density at radius 3 is 2.33 bits per heavy atom. The van der Waals surface area contributed by atoms with Crippen molar-refractivity contribution in [2.45, 2.75) is 56.1 Å². The van der Waals surface area contributed by atoms with Crippen molar-refractivity contribution in [3.63, 3.8) is 0 Å². The normalized spacial score (nSPS) is 20.5. The fraction of sp³-hybridized carbons (Fsp3) is 0.435. The second-order valence-corrected chi connectivity index (χ2v) is 11.1. The first-order chi connectivity index (χ1) is 15.5. The van der Waals surface area contributed by atoms with Crippen LogP contribution in [0.1, 0.15) is 44.0 Å². The van der Waals surface area contributed by atoms with Gasteiger partial charge in [0, 0.05) is 30.7 Å². The van der Waals surface area contributed by atoms with Gasteiger partial charge in [0.05, 0.1) is 20.5 Å². The molecule has 0 spiro atoms. The van der Waals surface area contributed by atoms with Gasteiger partial charge in [-0.15, -0.1) is 0 Å². The van der Waals surface area contributed by atoms with Gasteiger partial charge in [0.2, 0.25) is 0 Å². The van der Waals surface area contributed by atoms with Gasteiger partial charge in [-0.05, 0) is 69.8 Å². The number of aromatic hydroxyl groups is 1. The van der Waals surface area contributed by atoms with Gasteiger partial charge in [-0.3, -0.25) is 9.52 Å². The molecule has 33 heavy (non-hydrogen) atoms. The summed E-state index contributed by atoms with van der Waals surface area (Å²) < 4.78 is 32.2. The molecule has 1 amide bonds. The minimum absolute atomic E-state index is 0.0568. The van der Waals surface area contributed by atoms with Crippen LogP contribution in [0.25, 0.3) is 0 Å². The van der Waals surface area contributed by atoms with Crippen molar-refractivity contribution >= 4 is 46.7 Å². The first-order valence-corrected chi connectivity index (χ1v) is 12.2. The van der Waals surface area contributed by atoms with E-state index < -0.39 is 11.6 Å². The molecule has 2 bridgehead atoms. The van der Waals surface area contributed by atoms with Gasteiger partial charge in [-0.25, -0.2) is 8.78 Å². The van der Waals surface area contributed by atoms with Crippen molar-refractivity contribution in [1.82, 2.24) is 9.62 Å². The maximum Gasteiger partial charge on any atom is 0.255 e. The molecule has 4 rings (SSSR count). The number of rotatable bonds is 4. The molecule has 0 aliphatic carbocycles. The van der Waals surface area contributed by atoms with E-state index >= 15 is 4.39 Å². The fourth-order valence-electron chi connectivity index (χ4n) is 4.37. The number of halogens is 4. The van der Waals surface area contributed by atoms with Crippen LogP contribution in [0.3, 0.4) is 0 Å². The van der Waals surface area contributed by atoms with Crippen LogP contribution in [-0.4, -0.2) is 46.6 Å². The minimum Gasteiger partial charge on any atom is -0.504 e. The molecule has 2 aromatic carbocycles. The zero-order valence-electron chi connectivity index (χ0n) is 18.5. The van der Waals surface area contributed by atoms with E-state index in [1.165, 1.54) is 18.2 Å². The number of hydrogen-bond acceptors (Lipinski definition) is 5. The van der Waals surface area contributed by atoms with Gasteiger partial charge in [-0.1, -0.05) is 23.2 Å². The highest BCUT2D eigenvalue weighted by molar-refractivity contribution is 7.97. The van der Waals surface area contributed by atoms with Crippen molar-refractivity contribution < 1.29 is 18.7 Å². The number of anilines is 1. The monoisotopic (exact) mass is 515 g/mol. The lowest BCUT2D eigenvalue weighted by molar-refractivity contribution is 0.0717. The lowest BCUT2D eigenvalue weighted by atomic mass is 10.1. The van der Waals surface area contributed by atoms with Crippen LogP contribution < -0.4 is 9.62 Å².